The third kappa shape index (κ3) is 3.49. The maximum Gasteiger partial charge on any atom is 0.316 e. The van der Waals surface area contributed by atoms with Crippen molar-refractivity contribution in [3.63, 3.8) is 0 Å². The molecule has 3 heterocycles. The van der Waals surface area contributed by atoms with Crippen molar-refractivity contribution in [3.05, 3.63) is 48.4 Å². The van der Waals surface area contributed by atoms with Crippen molar-refractivity contribution in [1.29, 1.82) is 0 Å². The minimum Gasteiger partial charge on any atom is -0.465 e. The standard InChI is InChI=1S/C15H14FN3O3/c16-11-8-17-15(18-9-11)22-13-5-6-19(10-13)14(20)4-3-12-2-1-7-21-12/h1-4,7-9,13H,5-6,10H2. The molecular weight excluding hydrogens is 289 g/mol. The van der Waals surface area contributed by atoms with E-state index in [1.807, 2.05) is 0 Å². The van der Waals surface area contributed by atoms with E-state index in [1.165, 1.54) is 6.08 Å². The third-order valence-corrected chi connectivity index (χ3v) is 3.26. The second-order valence-electron chi connectivity index (χ2n) is 4.85. The number of carbonyl (C=O) groups excluding carboxylic acids is 1. The number of furan rings is 1. The number of ether oxygens (including phenoxy) is 1. The molecule has 1 fully saturated rings. The van der Waals surface area contributed by atoms with Crippen LogP contribution in [-0.4, -0.2) is 40.0 Å². The summed E-state index contributed by atoms with van der Waals surface area (Å²) in [6.07, 6.45) is 7.23. The Hall–Kier alpha value is -2.70. The molecule has 3 rings (SSSR count). The highest BCUT2D eigenvalue weighted by Crippen LogP contribution is 2.15. The molecule has 6 nitrogen and oxygen atoms in total. The maximum atomic E-state index is 12.7. The molecule has 2 aromatic heterocycles. The number of likely N-dealkylation sites (tertiary alicyclic amines) is 1. The first-order valence-electron chi connectivity index (χ1n) is 6.85. The van der Waals surface area contributed by atoms with Crippen LogP contribution in [0.1, 0.15) is 12.2 Å². The fraction of sp³-hybridized carbons (Fsp3) is 0.267. The molecule has 1 atom stereocenters. The summed E-state index contributed by atoms with van der Waals surface area (Å²) in [5.74, 6) is 0.00113. The number of halogens is 1. The molecule has 7 heteroatoms. The number of rotatable bonds is 4. The highest BCUT2D eigenvalue weighted by Gasteiger charge is 2.27. The lowest BCUT2D eigenvalue weighted by Crippen LogP contribution is -2.29. The number of aromatic nitrogens is 2. The second kappa shape index (κ2) is 6.38. The molecule has 2 aromatic rings. The van der Waals surface area contributed by atoms with Crippen molar-refractivity contribution in [1.82, 2.24) is 14.9 Å². The van der Waals surface area contributed by atoms with Crippen molar-refractivity contribution >= 4 is 12.0 Å². The zero-order valence-electron chi connectivity index (χ0n) is 11.7. The normalized spacial score (nSPS) is 18.0. The Labute approximate surface area is 126 Å². The molecule has 114 valence electrons. The highest BCUT2D eigenvalue weighted by atomic mass is 19.1. The van der Waals surface area contributed by atoms with E-state index in [0.717, 1.165) is 12.4 Å². The van der Waals surface area contributed by atoms with E-state index in [-0.39, 0.29) is 18.0 Å². The SMILES string of the molecule is O=C(C=Cc1ccco1)N1CCC(Oc2ncc(F)cn2)C1. The van der Waals surface area contributed by atoms with Crippen molar-refractivity contribution in [2.24, 2.45) is 0 Å². The number of hydrogen-bond donors (Lipinski definition) is 0. The number of hydrogen-bond acceptors (Lipinski definition) is 5. The highest BCUT2D eigenvalue weighted by molar-refractivity contribution is 5.91. The number of nitrogens with zero attached hydrogens (tertiary/aromatic N) is 3. The second-order valence-corrected chi connectivity index (χ2v) is 4.85. The van der Waals surface area contributed by atoms with Gasteiger partial charge in [-0.1, -0.05) is 0 Å². The Balaban J connectivity index is 1.53. The Morgan fingerprint density at radius 1 is 1.45 bits per heavy atom. The first kappa shape index (κ1) is 14.2. The first-order valence-corrected chi connectivity index (χ1v) is 6.85. The Kier molecular flexibility index (Phi) is 4.13. The van der Waals surface area contributed by atoms with E-state index in [2.05, 4.69) is 9.97 Å². The summed E-state index contributed by atoms with van der Waals surface area (Å²) in [5, 5.41) is 0. The number of amides is 1. The molecule has 1 saturated heterocycles. The van der Waals surface area contributed by atoms with Gasteiger partial charge in [-0.3, -0.25) is 4.79 Å². The quantitative estimate of drug-likeness (QED) is 0.807. The van der Waals surface area contributed by atoms with E-state index in [0.29, 0.717) is 25.3 Å². The van der Waals surface area contributed by atoms with Crippen LogP contribution >= 0.6 is 0 Å². The van der Waals surface area contributed by atoms with Gasteiger partial charge >= 0.3 is 6.01 Å². The Morgan fingerprint density at radius 3 is 3.00 bits per heavy atom. The van der Waals surface area contributed by atoms with Gasteiger partial charge in [0.15, 0.2) is 5.82 Å². The van der Waals surface area contributed by atoms with Crippen LogP contribution < -0.4 is 4.74 Å². The summed E-state index contributed by atoms with van der Waals surface area (Å²) in [6, 6.07) is 3.64. The molecule has 1 unspecified atom stereocenters. The van der Waals surface area contributed by atoms with Gasteiger partial charge in [-0.15, -0.1) is 0 Å². The monoisotopic (exact) mass is 303 g/mol. The lowest BCUT2D eigenvalue weighted by atomic mass is 10.3. The van der Waals surface area contributed by atoms with Gasteiger partial charge in [-0.2, -0.15) is 0 Å². The van der Waals surface area contributed by atoms with Crippen LogP contribution in [0.4, 0.5) is 4.39 Å². The van der Waals surface area contributed by atoms with Crippen LogP contribution in [0.2, 0.25) is 0 Å². The van der Waals surface area contributed by atoms with Crippen LogP contribution in [0.5, 0.6) is 6.01 Å². The largest absolute Gasteiger partial charge is 0.465 e. The average Bonchev–Trinajstić information content (AvgIpc) is 3.19. The van der Waals surface area contributed by atoms with Gasteiger partial charge in [0.2, 0.25) is 5.91 Å². The fourth-order valence-corrected chi connectivity index (χ4v) is 2.18. The van der Waals surface area contributed by atoms with E-state index in [1.54, 1.807) is 29.4 Å². The van der Waals surface area contributed by atoms with Gasteiger partial charge in [0.25, 0.3) is 0 Å². The van der Waals surface area contributed by atoms with Gasteiger partial charge in [-0.05, 0) is 18.2 Å². The van der Waals surface area contributed by atoms with Crippen LogP contribution in [0.25, 0.3) is 6.08 Å². The molecule has 22 heavy (non-hydrogen) atoms. The summed E-state index contributed by atoms with van der Waals surface area (Å²) >= 11 is 0. The predicted molar refractivity (Wildman–Crippen MR) is 75.3 cm³/mol. The third-order valence-electron chi connectivity index (χ3n) is 3.26. The van der Waals surface area contributed by atoms with Crippen molar-refractivity contribution in [2.75, 3.05) is 13.1 Å². The molecular formula is C15H14FN3O3. The Bertz CT molecular complexity index is 655. The van der Waals surface area contributed by atoms with Gasteiger partial charge < -0.3 is 14.1 Å². The molecule has 0 radical (unpaired) electrons. The van der Waals surface area contributed by atoms with Crippen molar-refractivity contribution in [2.45, 2.75) is 12.5 Å². The fourth-order valence-electron chi connectivity index (χ4n) is 2.18. The smallest absolute Gasteiger partial charge is 0.316 e. The summed E-state index contributed by atoms with van der Waals surface area (Å²) < 4.78 is 23.4. The Morgan fingerprint density at radius 2 is 2.27 bits per heavy atom. The lowest BCUT2D eigenvalue weighted by molar-refractivity contribution is -0.125. The average molecular weight is 303 g/mol. The van der Waals surface area contributed by atoms with Gasteiger partial charge in [-0.25, -0.2) is 14.4 Å². The minimum atomic E-state index is -0.515. The number of carbonyl (C=O) groups is 1. The molecule has 1 amide bonds. The molecule has 0 aliphatic carbocycles. The summed E-state index contributed by atoms with van der Waals surface area (Å²) in [5.41, 5.74) is 0. The topological polar surface area (TPSA) is 68.5 Å². The lowest BCUT2D eigenvalue weighted by Gasteiger charge is -2.14. The molecule has 0 N–H and O–H groups in total. The van der Waals surface area contributed by atoms with Crippen LogP contribution in [0.15, 0.2) is 41.3 Å². The summed E-state index contributed by atoms with van der Waals surface area (Å²) in [6.45, 7) is 1.04. The minimum absolute atomic E-state index is 0.109. The van der Waals surface area contributed by atoms with Crippen LogP contribution in [0.3, 0.4) is 0 Å². The summed E-state index contributed by atoms with van der Waals surface area (Å²) in [4.78, 5) is 21.2. The zero-order chi connectivity index (χ0) is 15.4. The van der Waals surface area contributed by atoms with E-state index >= 15 is 0 Å². The predicted octanol–water partition coefficient (Wildman–Crippen LogP) is 1.90. The van der Waals surface area contributed by atoms with Gasteiger partial charge in [0.1, 0.15) is 11.9 Å². The zero-order valence-corrected chi connectivity index (χ0v) is 11.7. The molecule has 0 saturated carbocycles. The maximum absolute atomic E-state index is 12.7. The van der Waals surface area contributed by atoms with Crippen LogP contribution in [-0.2, 0) is 4.79 Å². The summed E-state index contributed by atoms with van der Waals surface area (Å²) in [7, 11) is 0. The first-order chi connectivity index (χ1) is 10.7. The molecule has 0 spiro atoms. The van der Waals surface area contributed by atoms with Gasteiger partial charge in [0.05, 0.1) is 25.2 Å². The van der Waals surface area contributed by atoms with Crippen molar-refractivity contribution in [3.8, 4) is 6.01 Å². The van der Waals surface area contributed by atoms with Gasteiger partial charge in [0, 0.05) is 19.0 Å². The van der Waals surface area contributed by atoms with Crippen LogP contribution in [0, 0.1) is 5.82 Å². The van der Waals surface area contributed by atoms with E-state index in [4.69, 9.17) is 9.15 Å². The molecule has 1 aliphatic rings. The molecule has 0 bridgehead atoms. The van der Waals surface area contributed by atoms with E-state index in [9.17, 15) is 9.18 Å². The molecule has 0 aromatic carbocycles. The van der Waals surface area contributed by atoms with Crippen molar-refractivity contribution < 1.29 is 18.3 Å². The van der Waals surface area contributed by atoms with E-state index < -0.39 is 5.82 Å². The molecule has 1 aliphatic heterocycles.